The lowest BCUT2D eigenvalue weighted by Gasteiger charge is -2.08. The maximum absolute atomic E-state index is 13.7. The maximum atomic E-state index is 13.7. The van der Waals surface area contributed by atoms with Gasteiger partial charge in [-0.1, -0.05) is 66.4 Å². The Kier molecular flexibility index (Phi) is 6.23. The van der Waals surface area contributed by atoms with Crippen LogP contribution in [0.4, 0.5) is 15.9 Å². The van der Waals surface area contributed by atoms with Crippen molar-refractivity contribution in [2.75, 3.05) is 16.8 Å². The zero-order valence-corrected chi connectivity index (χ0v) is 15.5. The van der Waals surface area contributed by atoms with Crippen LogP contribution < -0.4 is 16.6 Å². The number of nitrogen functional groups attached to an aromatic ring is 1. The van der Waals surface area contributed by atoms with Gasteiger partial charge in [-0.15, -0.1) is 0 Å². The van der Waals surface area contributed by atoms with E-state index < -0.39 is 17.3 Å². The number of aromatic amines is 1. The normalized spacial score (nSPS) is 10.9. The van der Waals surface area contributed by atoms with Gasteiger partial charge in [0.05, 0.1) is 5.56 Å². The van der Waals surface area contributed by atoms with Gasteiger partial charge in [-0.25, -0.2) is 9.37 Å². The van der Waals surface area contributed by atoms with E-state index in [1.54, 1.807) is 0 Å². The molecule has 6 nitrogen and oxygen atoms in total. The van der Waals surface area contributed by atoms with Crippen molar-refractivity contribution in [2.24, 2.45) is 0 Å². The van der Waals surface area contributed by atoms with E-state index in [-0.39, 0.29) is 17.1 Å². The molecule has 3 aromatic rings. The Morgan fingerprint density at radius 1 is 1.18 bits per heavy atom. The first-order valence-electron chi connectivity index (χ1n) is 8.34. The molecule has 0 atom stereocenters. The minimum atomic E-state index is -0.775. The second-order valence-electron chi connectivity index (χ2n) is 5.69. The highest BCUT2D eigenvalue weighted by atomic mass is 32.2. The van der Waals surface area contributed by atoms with Gasteiger partial charge >= 0.3 is 0 Å². The lowest BCUT2D eigenvalue weighted by atomic mass is 10.2. The summed E-state index contributed by atoms with van der Waals surface area (Å²) in [5.41, 5.74) is 5.87. The number of benzene rings is 2. The Morgan fingerprint density at radius 3 is 2.61 bits per heavy atom. The van der Waals surface area contributed by atoms with Crippen LogP contribution in [0.5, 0.6) is 0 Å². The van der Waals surface area contributed by atoms with E-state index in [9.17, 15) is 14.0 Å². The van der Waals surface area contributed by atoms with Crippen molar-refractivity contribution in [3.63, 3.8) is 0 Å². The molecule has 0 aliphatic rings. The number of nitrogens with zero attached hydrogens (tertiary/aromatic N) is 1. The van der Waals surface area contributed by atoms with Crippen LogP contribution in [0.25, 0.3) is 6.08 Å². The minimum absolute atomic E-state index is 0.136. The van der Waals surface area contributed by atoms with E-state index in [0.717, 1.165) is 11.6 Å². The topological polar surface area (TPSA) is 101 Å². The number of rotatable bonds is 6. The highest BCUT2D eigenvalue weighted by Gasteiger charge is 2.16. The Labute approximate surface area is 164 Å². The summed E-state index contributed by atoms with van der Waals surface area (Å²) >= 11 is 1.29. The van der Waals surface area contributed by atoms with E-state index in [0.29, 0.717) is 10.9 Å². The van der Waals surface area contributed by atoms with E-state index in [1.165, 1.54) is 30.0 Å². The van der Waals surface area contributed by atoms with Crippen molar-refractivity contribution in [3.8, 4) is 0 Å². The number of H-pyrrole nitrogens is 1. The molecule has 0 spiro atoms. The van der Waals surface area contributed by atoms with Crippen molar-refractivity contribution >= 4 is 35.3 Å². The molecule has 8 heteroatoms. The third-order valence-electron chi connectivity index (χ3n) is 3.71. The summed E-state index contributed by atoms with van der Waals surface area (Å²) in [6, 6.07) is 15.2. The highest BCUT2D eigenvalue weighted by Crippen LogP contribution is 2.18. The largest absolute Gasteiger partial charge is 0.382 e. The Hall–Kier alpha value is -3.39. The van der Waals surface area contributed by atoms with Gasteiger partial charge in [0.25, 0.3) is 11.5 Å². The summed E-state index contributed by atoms with van der Waals surface area (Å²) < 4.78 is 13.7. The molecule has 0 radical (unpaired) electrons. The van der Waals surface area contributed by atoms with Gasteiger partial charge in [0.15, 0.2) is 11.0 Å². The number of carbonyl (C=O) groups excluding carboxylic acids is 1. The predicted octanol–water partition coefficient (Wildman–Crippen LogP) is 3.55. The zero-order chi connectivity index (χ0) is 19.9. The number of thioether (sulfide) groups is 1. The molecule has 2 aromatic carbocycles. The molecule has 4 N–H and O–H groups in total. The summed E-state index contributed by atoms with van der Waals surface area (Å²) in [7, 11) is 0. The second kappa shape index (κ2) is 9.01. The van der Waals surface area contributed by atoms with Gasteiger partial charge in [0, 0.05) is 5.75 Å². The third-order valence-corrected chi connectivity index (χ3v) is 4.53. The Morgan fingerprint density at radius 2 is 1.89 bits per heavy atom. The molecule has 0 fully saturated rings. The molecule has 28 heavy (non-hydrogen) atoms. The molecule has 1 heterocycles. The van der Waals surface area contributed by atoms with Crippen molar-refractivity contribution in [3.05, 3.63) is 88.0 Å². The zero-order valence-electron chi connectivity index (χ0n) is 14.7. The molecule has 0 aliphatic heterocycles. The number of halogens is 1. The quantitative estimate of drug-likeness (QED) is 0.437. The minimum Gasteiger partial charge on any atom is -0.382 e. The average Bonchev–Trinajstić information content (AvgIpc) is 2.69. The van der Waals surface area contributed by atoms with E-state index in [4.69, 9.17) is 5.73 Å². The average molecular weight is 396 g/mol. The van der Waals surface area contributed by atoms with Gasteiger partial charge in [0.2, 0.25) is 0 Å². The number of anilines is 2. The van der Waals surface area contributed by atoms with Gasteiger partial charge < -0.3 is 11.1 Å². The number of nitrogens with two attached hydrogens (primary N) is 1. The Bertz CT molecular complexity index is 1070. The molecule has 0 saturated heterocycles. The first kappa shape index (κ1) is 19.4. The van der Waals surface area contributed by atoms with Gasteiger partial charge in [-0.05, 0) is 17.7 Å². The third kappa shape index (κ3) is 4.86. The monoisotopic (exact) mass is 396 g/mol. The smallest absolute Gasteiger partial charge is 0.277 e. The Balaban J connectivity index is 1.67. The van der Waals surface area contributed by atoms with Crippen LogP contribution >= 0.6 is 11.8 Å². The molecule has 0 unspecified atom stereocenters. The van der Waals surface area contributed by atoms with Gasteiger partial charge in [-0.3, -0.25) is 14.6 Å². The van der Waals surface area contributed by atoms with Crippen LogP contribution in [0.3, 0.4) is 0 Å². The summed E-state index contributed by atoms with van der Waals surface area (Å²) in [4.78, 5) is 31.1. The van der Waals surface area contributed by atoms with Crippen molar-refractivity contribution in [1.82, 2.24) is 9.97 Å². The molecule has 1 aromatic heterocycles. The molecular weight excluding hydrogens is 379 g/mol. The van der Waals surface area contributed by atoms with Crippen LogP contribution in [0.1, 0.15) is 15.9 Å². The van der Waals surface area contributed by atoms with Gasteiger partial charge in [0.1, 0.15) is 11.5 Å². The lowest BCUT2D eigenvalue weighted by molar-refractivity contribution is 0.102. The van der Waals surface area contributed by atoms with Crippen LogP contribution in [0.15, 0.2) is 70.6 Å². The van der Waals surface area contributed by atoms with Crippen LogP contribution in [-0.4, -0.2) is 21.6 Å². The highest BCUT2D eigenvalue weighted by molar-refractivity contribution is 7.99. The van der Waals surface area contributed by atoms with E-state index >= 15 is 0 Å². The molecule has 0 saturated carbocycles. The second-order valence-corrected chi connectivity index (χ2v) is 6.70. The molecule has 3 rings (SSSR count). The molecule has 0 aliphatic carbocycles. The summed E-state index contributed by atoms with van der Waals surface area (Å²) in [6.07, 6.45) is 3.89. The van der Waals surface area contributed by atoms with Crippen LogP contribution in [-0.2, 0) is 0 Å². The fourth-order valence-corrected chi connectivity index (χ4v) is 3.04. The maximum Gasteiger partial charge on any atom is 0.277 e. The molecular formula is C20H17FN4O2S. The summed E-state index contributed by atoms with van der Waals surface area (Å²) in [5.74, 6) is -1.04. The lowest BCUT2D eigenvalue weighted by Crippen LogP contribution is -2.23. The SMILES string of the molecule is Nc1nc(SC/C=C/c2ccccc2)[nH]c(=O)c1NC(=O)c1ccccc1F. The van der Waals surface area contributed by atoms with Gasteiger partial charge in [-0.2, -0.15) is 0 Å². The van der Waals surface area contributed by atoms with Crippen LogP contribution in [0.2, 0.25) is 0 Å². The van der Waals surface area contributed by atoms with E-state index in [1.807, 2.05) is 42.5 Å². The molecule has 0 bridgehead atoms. The summed E-state index contributed by atoms with van der Waals surface area (Å²) in [6.45, 7) is 0. The van der Waals surface area contributed by atoms with E-state index in [2.05, 4.69) is 15.3 Å². The standard InChI is InChI=1S/C20H17FN4O2S/c21-15-11-5-4-10-14(15)18(26)23-16-17(22)24-20(25-19(16)27)28-12-6-9-13-7-2-1-3-8-13/h1-11H,12H2,(H,23,26)(H3,22,24,25,27)/b9-6+. The fraction of sp³-hybridized carbons (Fsp3) is 0.0500. The van der Waals surface area contributed by atoms with Crippen molar-refractivity contribution < 1.29 is 9.18 Å². The summed E-state index contributed by atoms with van der Waals surface area (Å²) in [5, 5.41) is 2.64. The number of aromatic nitrogens is 2. The number of carbonyl (C=O) groups is 1. The van der Waals surface area contributed by atoms with Crippen molar-refractivity contribution in [2.45, 2.75) is 5.16 Å². The molecule has 1 amide bonds. The number of nitrogens with one attached hydrogen (secondary N) is 2. The first-order valence-corrected chi connectivity index (χ1v) is 9.33. The first-order chi connectivity index (χ1) is 13.5. The van der Waals surface area contributed by atoms with Crippen LogP contribution in [0, 0.1) is 5.82 Å². The molecule has 142 valence electrons. The number of hydrogen-bond acceptors (Lipinski definition) is 5. The van der Waals surface area contributed by atoms with Crippen molar-refractivity contribution in [1.29, 1.82) is 0 Å². The number of amides is 1. The number of hydrogen-bond donors (Lipinski definition) is 3. The fourth-order valence-electron chi connectivity index (χ4n) is 2.36. The predicted molar refractivity (Wildman–Crippen MR) is 110 cm³/mol.